The third-order valence-corrected chi connectivity index (χ3v) is 2.49. The van der Waals surface area contributed by atoms with Crippen LogP contribution in [0.25, 0.3) is 0 Å². The lowest BCUT2D eigenvalue weighted by Gasteiger charge is -2.28. The number of nitro groups is 1. The van der Waals surface area contributed by atoms with Crippen molar-refractivity contribution >= 4 is 11.5 Å². The number of nitriles is 1. The van der Waals surface area contributed by atoms with Crippen LogP contribution in [-0.2, 0) is 4.74 Å². The van der Waals surface area contributed by atoms with E-state index in [2.05, 4.69) is 4.98 Å². The molecule has 1 aromatic rings. The minimum Gasteiger partial charge on any atom is -0.378 e. The smallest absolute Gasteiger partial charge is 0.289 e. The highest BCUT2D eigenvalue weighted by Crippen LogP contribution is 2.22. The van der Waals surface area contributed by atoms with Crippen LogP contribution >= 0.6 is 0 Å². The Labute approximate surface area is 97.4 Å². The molecule has 2 rings (SSSR count). The van der Waals surface area contributed by atoms with E-state index in [1.54, 1.807) is 0 Å². The predicted octanol–water partition coefficient (Wildman–Crippen LogP) is 0.698. The van der Waals surface area contributed by atoms with E-state index >= 15 is 0 Å². The lowest BCUT2D eigenvalue weighted by atomic mass is 10.2. The van der Waals surface area contributed by atoms with Crippen molar-refractivity contribution in [3.05, 3.63) is 27.9 Å². The van der Waals surface area contributed by atoms with Gasteiger partial charge < -0.3 is 9.64 Å². The number of rotatable bonds is 2. The van der Waals surface area contributed by atoms with Gasteiger partial charge in [0, 0.05) is 19.2 Å². The molecule has 0 radical (unpaired) electrons. The Hall–Kier alpha value is -2.20. The van der Waals surface area contributed by atoms with Crippen LogP contribution in [0.2, 0.25) is 0 Å². The van der Waals surface area contributed by atoms with Gasteiger partial charge in [-0.1, -0.05) is 0 Å². The zero-order chi connectivity index (χ0) is 12.3. The summed E-state index contributed by atoms with van der Waals surface area (Å²) in [5.74, 6) is 0.487. The first-order chi connectivity index (χ1) is 8.22. The number of ether oxygens (including phenoxy) is 1. The molecule has 1 aliphatic rings. The molecule has 0 unspecified atom stereocenters. The first-order valence-electron chi connectivity index (χ1n) is 5.09. The van der Waals surface area contributed by atoms with Crippen molar-refractivity contribution in [2.75, 3.05) is 31.2 Å². The van der Waals surface area contributed by atoms with Crippen LogP contribution in [-0.4, -0.2) is 36.2 Å². The highest BCUT2D eigenvalue weighted by molar-refractivity contribution is 5.57. The van der Waals surface area contributed by atoms with Crippen LogP contribution in [0.3, 0.4) is 0 Å². The first-order valence-corrected chi connectivity index (χ1v) is 5.09. The summed E-state index contributed by atoms with van der Waals surface area (Å²) in [6.07, 6.45) is 1.17. The maximum Gasteiger partial charge on any atom is 0.289 e. The quantitative estimate of drug-likeness (QED) is 0.552. The Morgan fingerprint density at radius 3 is 2.82 bits per heavy atom. The van der Waals surface area contributed by atoms with E-state index in [-0.39, 0.29) is 11.3 Å². The highest BCUT2D eigenvalue weighted by atomic mass is 16.6. The second kappa shape index (κ2) is 4.76. The lowest BCUT2D eigenvalue weighted by molar-refractivity contribution is -0.385. The van der Waals surface area contributed by atoms with Crippen molar-refractivity contribution in [1.82, 2.24) is 4.98 Å². The molecule has 1 fully saturated rings. The van der Waals surface area contributed by atoms with E-state index in [0.29, 0.717) is 32.1 Å². The van der Waals surface area contributed by atoms with Crippen LogP contribution in [0.5, 0.6) is 0 Å². The van der Waals surface area contributed by atoms with Crippen molar-refractivity contribution in [2.24, 2.45) is 0 Å². The zero-order valence-corrected chi connectivity index (χ0v) is 9.00. The van der Waals surface area contributed by atoms with Gasteiger partial charge in [-0.3, -0.25) is 10.1 Å². The minimum atomic E-state index is -0.559. The fourth-order valence-corrected chi connectivity index (χ4v) is 1.66. The van der Waals surface area contributed by atoms with E-state index in [1.807, 2.05) is 11.0 Å². The molecule has 0 amide bonds. The Kier molecular flexibility index (Phi) is 3.16. The number of hydrogen-bond donors (Lipinski definition) is 0. The summed E-state index contributed by atoms with van der Waals surface area (Å²) in [4.78, 5) is 15.9. The number of pyridine rings is 1. The molecule has 0 bridgehead atoms. The van der Waals surface area contributed by atoms with Gasteiger partial charge in [-0.2, -0.15) is 5.26 Å². The van der Waals surface area contributed by atoms with Gasteiger partial charge in [0.05, 0.1) is 18.1 Å². The predicted molar refractivity (Wildman–Crippen MR) is 58.6 cm³/mol. The first kappa shape index (κ1) is 11.3. The van der Waals surface area contributed by atoms with Crippen molar-refractivity contribution in [3.8, 4) is 6.07 Å². The van der Waals surface area contributed by atoms with E-state index in [1.165, 1.54) is 12.3 Å². The SMILES string of the molecule is N#Cc1cc([N+](=O)[O-])cnc1N1CCOCC1. The minimum absolute atomic E-state index is 0.168. The molecule has 0 spiro atoms. The van der Waals surface area contributed by atoms with Crippen molar-refractivity contribution < 1.29 is 9.66 Å². The number of aromatic nitrogens is 1. The molecule has 7 heteroatoms. The number of anilines is 1. The number of morpholine rings is 1. The summed E-state index contributed by atoms with van der Waals surface area (Å²) < 4.78 is 5.20. The molecule has 2 heterocycles. The topological polar surface area (TPSA) is 92.3 Å². The molecule has 1 aromatic heterocycles. The van der Waals surface area contributed by atoms with Crippen molar-refractivity contribution in [3.63, 3.8) is 0 Å². The summed E-state index contributed by atoms with van der Waals surface area (Å²) in [6.45, 7) is 2.42. The summed E-state index contributed by atoms with van der Waals surface area (Å²) in [5.41, 5.74) is 0.0552. The lowest BCUT2D eigenvalue weighted by Crippen LogP contribution is -2.37. The van der Waals surface area contributed by atoms with Crippen LogP contribution in [0.15, 0.2) is 12.3 Å². The Morgan fingerprint density at radius 1 is 1.53 bits per heavy atom. The van der Waals surface area contributed by atoms with E-state index in [4.69, 9.17) is 10.00 Å². The molecule has 88 valence electrons. The maximum atomic E-state index is 10.6. The van der Waals surface area contributed by atoms with Gasteiger partial charge in [-0.25, -0.2) is 4.98 Å². The third-order valence-electron chi connectivity index (χ3n) is 2.49. The average molecular weight is 234 g/mol. The Morgan fingerprint density at radius 2 is 2.24 bits per heavy atom. The molecule has 0 aliphatic carbocycles. The standard InChI is InChI=1S/C10H10N4O3/c11-6-8-5-9(14(15)16)7-12-10(8)13-1-3-17-4-2-13/h5,7H,1-4H2. The monoisotopic (exact) mass is 234 g/mol. The second-order valence-corrected chi connectivity index (χ2v) is 3.53. The second-order valence-electron chi connectivity index (χ2n) is 3.53. The zero-order valence-electron chi connectivity index (χ0n) is 9.00. The van der Waals surface area contributed by atoms with Gasteiger partial charge in [-0.05, 0) is 0 Å². The van der Waals surface area contributed by atoms with Gasteiger partial charge in [0.2, 0.25) is 0 Å². The molecule has 1 aliphatic heterocycles. The molecule has 1 saturated heterocycles. The molecule has 0 aromatic carbocycles. The van der Waals surface area contributed by atoms with E-state index < -0.39 is 4.92 Å². The van der Waals surface area contributed by atoms with Gasteiger partial charge >= 0.3 is 0 Å². The number of hydrogen-bond acceptors (Lipinski definition) is 6. The fourth-order valence-electron chi connectivity index (χ4n) is 1.66. The van der Waals surface area contributed by atoms with Crippen LogP contribution in [0, 0.1) is 21.4 Å². The maximum absolute atomic E-state index is 10.6. The molecule has 0 saturated carbocycles. The molecular formula is C10H10N4O3. The summed E-state index contributed by atoms with van der Waals surface area (Å²) in [7, 11) is 0. The van der Waals surface area contributed by atoms with E-state index in [0.717, 1.165) is 0 Å². The largest absolute Gasteiger partial charge is 0.378 e. The van der Waals surface area contributed by atoms with Crippen LogP contribution in [0.4, 0.5) is 11.5 Å². The van der Waals surface area contributed by atoms with E-state index in [9.17, 15) is 10.1 Å². The summed E-state index contributed by atoms with van der Waals surface area (Å²) in [6, 6.07) is 3.19. The fraction of sp³-hybridized carbons (Fsp3) is 0.400. The average Bonchev–Trinajstić information content (AvgIpc) is 2.39. The molecule has 17 heavy (non-hydrogen) atoms. The molecular weight excluding hydrogens is 224 g/mol. The Bertz CT molecular complexity index is 477. The molecule has 7 nitrogen and oxygen atoms in total. The summed E-state index contributed by atoms with van der Waals surface area (Å²) >= 11 is 0. The van der Waals surface area contributed by atoms with Crippen LogP contribution < -0.4 is 4.90 Å². The van der Waals surface area contributed by atoms with Gasteiger partial charge in [0.1, 0.15) is 23.6 Å². The number of nitrogens with zero attached hydrogens (tertiary/aromatic N) is 4. The van der Waals surface area contributed by atoms with Crippen molar-refractivity contribution in [1.29, 1.82) is 5.26 Å². The summed E-state index contributed by atoms with van der Waals surface area (Å²) in [5, 5.41) is 19.6. The molecule has 0 N–H and O–H groups in total. The Balaban J connectivity index is 2.34. The van der Waals surface area contributed by atoms with Gasteiger partial charge in [0.15, 0.2) is 0 Å². The highest BCUT2D eigenvalue weighted by Gasteiger charge is 2.19. The van der Waals surface area contributed by atoms with Crippen LogP contribution in [0.1, 0.15) is 5.56 Å². The van der Waals surface area contributed by atoms with Gasteiger partial charge in [0.25, 0.3) is 5.69 Å². The normalized spacial score (nSPS) is 15.4. The molecule has 0 atom stereocenters. The van der Waals surface area contributed by atoms with Crippen molar-refractivity contribution in [2.45, 2.75) is 0 Å². The third kappa shape index (κ3) is 2.32. The van der Waals surface area contributed by atoms with Gasteiger partial charge in [-0.15, -0.1) is 0 Å².